The standard InChI is InChI=1S/C24H32FN3O2/c1-3-30-22-11-9-20(10-12-22)17-26(2)24(29)19-28-14-6-13-27(15-16-28)18-21-7-4-5-8-23(21)25/h4-5,7-12H,3,6,13-19H2,1-2H3. The summed E-state index contributed by atoms with van der Waals surface area (Å²) >= 11 is 0. The lowest BCUT2D eigenvalue weighted by Gasteiger charge is -2.24. The molecule has 1 saturated heterocycles. The van der Waals surface area contributed by atoms with Gasteiger partial charge in [-0.3, -0.25) is 14.6 Å². The summed E-state index contributed by atoms with van der Waals surface area (Å²) in [6.07, 6.45) is 0.977. The minimum atomic E-state index is -0.148. The molecule has 1 fully saturated rings. The number of halogens is 1. The summed E-state index contributed by atoms with van der Waals surface area (Å²) in [6, 6.07) is 14.8. The first-order chi connectivity index (χ1) is 14.5. The SMILES string of the molecule is CCOc1ccc(CN(C)C(=O)CN2CCCN(Cc3ccccc3F)CC2)cc1. The number of amides is 1. The molecule has 162 valence electrons. The van der Waals surface area contributed by atoms with Crippen molar-refractivity contribution >= 4 is 5.91 Å². The highest BCUT2D eigenvalue weighted by Crippen LogP contribution is 2.14. The molecule has 0 unspecified atom stereocenters. The van der Waals surface area contributed by atoms with Crippen molar-refractivity contribution in [1.82, 2.24) is 14.7 Å². The minimum Gasteiger partial charge on any atom is -0.494 e. The Hall–Kier alpha value is -2.44. The molecule has 0 radical (unpaired) electrons. The van der Waals surface area contributed by atoms with E-state index in [1.807, 2.05) is 50.4 Å². The summed E-state index contributed by atoms with van der Waals surface area (Å²) in [6.45, 7) is 7.68. The Morgan fingerprint density at radius 3 is 2.47 bits per heavy atom. The predicted molar refractivity (Wildman–Crippen MR) is 117 cm³/mol. The number of nitrogens with zero attached hydrogens (tertiary/aromatic N) is 3. The second-order valence-electron chi connectivity index (χ2n) is 7.82. The molecule has 1 amide bonds. The lowest BCUT2D eigenvalue weighted by molar-refractivity contribution is -0.131. The predicted octanol–water partition coefficient (Wildman–Crippen LogP) is 3.39. The molecule has 0 N–H and O–H groups in total. The third kappa shape index (κ3) is 6.54. The molecular weight excluding hydrogens is 381 g/mol. The second kappa shape index (κ2) is 11.1. The van der Waals surface area contributed by atoms with Crippen molar-refractivity contribution in [3.63, 3.8) is 0 Å². The lowest BCUT2D eigenvalue weighted by Crippen LogP contribution is -2.39. The second-order valence-corrected chi connectivity index (χ2v) is 7.82. The molecule has 0 atom stereocenters. The van der Waals surface area contributed by atoms with Crippen LogP contribution < -0.4 is 4.74 Å². The molecule has 0 saturated carbocycles. The number of carbonyl (C=O) groups excluding carboxylic acids is 1. The Bertz CT molecular complexity index is 812. The van der Waals surface area contributed by atoms with Gasteiger partial charge in [-0.05, 0) is 50.2 Å². The molecule has 1 aliphatic rings. The van der Waals surface area contributed by atoms with E-state index < -0.39 is 0 Å². The van der Waals surface area contributed by atoms with Gasteiger partial charge < -0.3 is 9.64 Å². The van der Waals surface area contributed by atoms with Crippen molar-refractivity contribution in [3.05, 3.63) is 65.5 Å². The van der Waals surface area contributed by atoms with E-state index >= 15 is 0 Å². The van der Waals surface area contributed by atoms with Gasteiger partial charge in [0.25, 0.3) is 0 Å². The molecule has 5 nitrogen and oxygen atoms in total. The van der Waals surface area contributed by atoms with Gasteiger partial charge in [0.2, 0.25) is 5.91 Å². The minimum absolute atomic E-state index is 0.117. The van der Waals surface area contributed by atoms with Crippen molar-refractivity contribution in [2.75, 3.05) is 46.4 Å². The van der Waals surface area contributed by atoms with Crippen LogP contribution in [0.5, 0.6) is 5.75 Å². The average molecular weight is 414 g/mol. The molecule has 2 aromatic carbocycles. The zero-order valence-electron chi connectivity index (χ0n) is 18.0. The molecular formula is C24H32FN3O2. The van der Waals surface area contributed by atoms with E-state index in [9.17, 15) is 9.18 Å². The molecule has 2 aromatic rings. The Kier molecular flexibility index (Phi) is 8.22. The summed E-state index contributed by atoms with van der Waals surface area (Å²) in [7, 11) is 1.85. The zero-order valence-corrected chi connectivity index (χ0v) is 18.0. The van der Waals surface area contributed by atoms with E-state index in [1.165, 1.54) is 6.07 Å². The van der Waals surface area contributed by atoms with Gasteiger partial charge in [0.15, 0.2) is 0 Å². The van der Waals surface area contributed by atoms with Crippen LogP contribution in [0.4, 0.5) is 4.39 Å². The van der Waals surface area contributed by atoms with Crippen molar-refractivity contribution < 1.29 is 13.9 Å². The zero-order chi connectivity index (χ0) is 21.3. The number of likely N-dealkylation sites (N-methyl/N-ethyl adjacent to an activating group) is 1. The van der Waals surface area contributed by atoms with Crippen molar-refractivity contribution in [2.24, 2.45) is 0 Å². The Morgan fingerprint density at radius 1 is 1.03 bits per heavy atom. The normalized spacial score (nSPS) is 15.6. The summed E-state index contributed by atoms with van der Waals surface area (Å²) in [5, 5.41) is 0. The number of hydrogen-bond donors (Lipinski definition) is 0. The van der Waals surface area contributed by atoms with E-state index in [4.69, 9.17) is 4.74 Å². The third-order valence-electron chi connectivity index (χ3n) is 5.47. The van der Waals surface area contributed by atoms with Crippen molar-refractivity contribution in [3.8, 4) is 5.75 Å². The fourth-order valence-electron chi connectivity index (χ4n) is 3.74. The number of benzene rings is 2. The van der Waals surface area contributed by atoms with Gasteiger partial charge in [0.1, 0.15) is 11.6 Å². The summed E-state index contributed by atoms with van der Waals surface area (Å²) in [4.78, 5) is 19.0. The molecule has 0 bridgehead atoms. The van der Waals surface area contributed by atoms with Crippen LogP contribution in [-0.2, 0) is 17.9 Å². The Morgan fingerprint density at radius 2 is 1.73 bits per heavy atom. The van der Waals surface area contributed by atoms with Gasteiger partial charge in [0.05, 0.1) is 13.2 Å². The largest absolute Gasteiger partial charge is 0.494 e. The first kappa shape index (κ1) is 22.2. The maximum absolute atomic E-state index is 13.9. The maximum Gasteiger partial charge on any atom is 0.236 e. The monoisotopic (exact) mass is 413 g/mol. The van der Waals surface area contributed by atoms with Gasteiger partial charge in [-0.2, -0.15) is 0 Å². The van der Waals surface area contributed by atoms with Gasteiger partial charge in [-0.1, -0.05) is 30.3 Å². The molecule has 0 spiro atoms. The Labute approximate surface area is 179 Å². The van der Waals surface area contributed by atoms with Gasteiger partial charge >= 0.3 is 0 Å². The van der Waals surface area contributed by atoms with Crippen LogP contribution in [0.2, 0.25) is 0 Å². The van der Waals surface area contributed by atoms with Crippen LogP contribution in [0.15, 0.2) is 48.5 Å². The lowest BCUT2D eigenvalue weighted by atomic mass is 10.2. The van der Waals surface area contributed by atoms with Crippen LogP contribution in [0.3, 0.4) is 0 Å². The van der Waals surface area contributed by atoms with E-state index in [0.29, 0.717) is 26.2 Å². The van der Waals surface area contributed by atoms with Crippen molar-refractivity contribution in [2.45, 2.75) is 26.4 Å². The molecule has 1 heterocycles. The van der Waals surface area contributed by atoms with Gasteiger partial charge in [-0.25, -0.2) is 4.39 Å². The first-order valence-electron chi connectivity index (χ1n) is 10.7. The topological polar surface area (TPSA) is 36.0 Å². The maximum atomic E-state index is 13.9. The molecule has 1 aliphatic heterocycles. The molecule has 0 aliphatic carbocycles. The number of rotatable bonds is 8. The smallest absolute Gasteiger partial charge is 0.236 e. The number of ether oxygens (including phenoxy) is 1. The van der Waals surface area contributed by atoms with Crippen LogP contribution >= 0.6 is 0 Å². The van der Waals surface area contributed by atoms with E-state index in [-0.39, 0.29) is 11.7 Å². The van der Waals surface area contributed by atoms with Crippen LogP contribution in [-0.4, -0.2) is 67.0 Å². The summed E-state index contributed by atoms with van der Waals surface area (Å²) in [5.41, 5.74) is 1.82. The third-order valence-corrected chi connectivity index (χ3v) is 5.47. The molecule has 6 heteroatoms. The summed E-state index contributed by atoms with van der Waals surface area (Å²) < 4.78 is 19.4. The highest BCUT2D eigenvalue weighted by molar-refractivity contribution is 5.78. The Balaban J connectivity index is 1.46. The van der Waals surface area contributed by atoms with Gasteiger partial charge in [0, 0.05) is 38.8 Å². The first-order valence-corrected chi connectivity index (χ1v) is 10.7. The highest BCUT2D eigenvalue weighted by atomic mass is 19.1. The molecule has 30 heavy (non-hydrogen) atoms. The highest BCUT2D eigenvalue weighted by Gasteiger charge is 2.19. The van der Waals surface area contributed by atoms with E-state index in [1.54, 1.807) is 11.0 Å². The van der Waals surface area contributed by atoms with Crippen molar-refractivity contribution in [1.29, 1.82) is 0 Å². The average Bonchev–Trinajstić information content (AvgIpc) is 2.96. The van der Waals surface area contributed by atoms with Crippen LogP contribution in [0.25, 0.3) is 0 Å². The van der Waals surface area contributed by atoms with Gasteiger partial charge in [-0.15, -0.1) is 0 Å². The molecule has 3 rings (SSSR count). The number of hydrogen-bond acceptors (Lipinski definition) is 4. The quantitative estimate of drug-likeness (QED) is 0.665. The fourth-order valence-corrected chi connectivity index (χ4v) is 3.74. The molecule has 0 aromatic heterocycles. The van der Waals surface area contributed by atoms with E-state index in [0.717, 1.165) is 49.5 Å². The van der Waals surface area contributed by atoms with Crippen LogP contribution in [0, 0.1) is 5.82 Å². The van der Waals surface area contributed by atoms with E-state index in [2.05, 4.69) is 9.80 Å². The number of carbonyl (C=O) groups is 1. The summed E-state index contributed by atoms with van der Waals surface area (Å²) in [5.74, 6) is 0.816. The fraction of sp³-hybridized carbons (Fsp3) is 0.458. The van der Waals surface area contributed by atoms with Crippen LogP contribution in [0.1, 0.15) is 24.5 Å².